The van der Waals surface area contributed by atoms with Crippen LogP contribution in [0.1, 0.15) is 13.3 Å². The largest absolute Gasteiger partial charge is 0.487 e. The summed E-state index contributed by atoms with van der Waals surface area (Å²) in [5.74, 6) is 0.714. The van der Waals surface area contributed by atoms with Gasteiger partial charge in [0.25, 0.3) is 0 Å². The van der Waals surface area contributed by atoms with Crippen LogP contribution >= 0.6 is 23.2 Å². The minimum Gasteiger partial charge on any atom is -0.487 e. The van der Waals surface area contributed by atoms with Gasteiger partial charge in [-0.25, -0.2) is 0 Å². The first-order chi connectivity index (χ1) is 5.74. The molecule has 65 valence electrons. The van der Waals surface area contributed by atoms with E-state index in [2.05, 4.69) is 0 Å². The average molecular weight is 204 g/mol. The molecule has 0 unspecified atom stereocenters. The van der Waals surface area contributed by atoms with Crippen molar-refractivity contribution in [3.05, 3.63) is 34.9 Å². The van der Waals surface area contributed by atoms with Crippen molar-refractivity contribution in [2.75, 3.05) is 0 Å². The van der Waals surface area contributed by atoms with Gasteiger partial charge in [-0.05, 0) is 18.6 Å². The summed E-state index contributed by atoms with van der Waals surface area (Å²) < 4.78 is 5.22. The highest BCUT2D eigenvalue weighted by atomic mass is 35.5. The molecule has 0 fully saturated rings. The molecule has 1 radical (unpaired) electrons. The summed E-state index contributed by atoms with van der Waals surface area (Å²) in [6.45, 7) is 3.71. The highest BCUT2D eigenvalue weighted by Gasteiger charge is 1.99. The monoisotopic (exact) mass is 203 g/mol. The molecule has 1 nitrogen and oxygen atoms in total. The zero-order valence-corrected chi connectivity index (χ0v) is 8.19. The second-order valence-corrected chi connectivity index (χ2v) is 3.08. The van der Waals surface area contributed by atoms with Crippen molar-refractivity contribution < 1.29 is 4.74 Å². The lowest BCUT2D eigenvalue weighted by atomic mass is 10.3. The summed E-state index contributed by atoms with van der Waals surface area (Å²) >= 11 is 11.5. The van der Waals surface area contributed by atoms with Gasteiger partial charge in [0, 0.05) is 6.07 Å². The van der Waals surface area contributed by atoms with Gasteiger partial charge in [0.05, 0.1) is 10.0 Å². The number of rotatable bonds is 3. The zero-order valence-electron chi connectivity index (χ0n) is 6.68. The number of ether oxygens (including phenoxy) is 1. The van der Waals surface area contributed by atoms with Crippen LogP contribution in [0.4, 0.5) is 0 Å². The summed E-state index contributed by atoms with van der Waals surface area (Å²) in [7, 11) is 0. The Bertz CT molecular complexity index is 261. The van der Waals surface area contributed by atoms with Gasteiger partial charge in [0.1, 0.15) is 12.4 Å². The maximum Gasteiger partial charge on any atom is 0.135 e. The smallest absolute Gasteiger partial charge is 0.135 e. The highest BCUT2D eigenvalue weighted by Crippen LogP contribution is 2.26. The molecular weight excluding hydrogens is 195 g/mol. The molecule has 12 heavy (non-hydrogen) atoms. The number of benzene rings is 1. The van der Waals surface area contributed by atoms with Crippen LogP contribution in [0.2, 0.25) is 10.0 Å². The van der Waals surface area contributed by atoms with Gasteiger partial charge in [-0.1, -0.05) is 30.1 Å². The third-order valence-corrected chi connectivity index (χ3v) is 2.02. The van der Waals surface area contributed by atoms with Crippen molar-refractivity contribution in [1.82, 2.24) is 0 Å². The SMILES string of the molecule is CC[CH]Oc1ccc(Cl)c(Cl)c1. The molecule has 3 heteroatoms. The molecule has 0 bridgehead atoms. The maximum absolute atomic E-state index is 5.77. The van der Waals surface area contributed by atoms with Crippen LogP contribution in [0.25, 0.3) is 0 Å². The molecule has 0 amide bonds. The first-order valence-electron chi connectivity index (χ1n) is 3.67. The second-order valence-electron chi connectivity index (χ2n) is 2.27. The summed E-state index contributed by atoms with van der Waals surface area (Å²) in [6.07, 6.45) is 0.861. The van der Waals surface area contributed by atoms with Gasteiger partial charge < -0.3 is 4.74 Å². The summed E-state index contributed by atoms with van der Waals surface area (Å²) in [5.41, 5.74) is 0. The third-order valence-electron chi connectivity index (χ3n) is 1.28. The van der Waals surface area contributed by atoms with E-state index in [9.17, 15) is 0 Å². The Hall–Kier alpha value is -0.400. The number of hydrogen-bond acceptors (Lipinski definition) is 1. The van der Waals surface area contributed by atoms with Gasteiger partial charge >= 0.3 is 0 Å². The van der Waals surface area contributed by atoms with E-state index in [1.165, 1.54) is 0 Å². The van der Waals surface area contributed by atoms with E-state index in [4.69, 9.17) is 27.9 Å². The molecule has 0 heterocycles. The Kier molecular flexibility index (Phi) is 3.70. The summed E-state index contributed by atoms with van der Waals surface area (Å²) in [6, 6.07) is 5.18. The van der Waals surface area contributed by atoms with Gasteiger partial charge in [-0.2, -0.15) is 0 Å². The van der Waals surface area contributed by atoms with Crippen molar-refractivity contribution in [2.24, 2.45) is 0 Å². The van der Waals surface area contributed by atoms with Gasteiger partial charge in [-0.15, -0.1) is 0 Å². The molecule has 0 saturated carbocycles. The van der Waals surface area contributed by atoms with Crippen molar-refractivity contribution in [1.29, 1.82) is 0 Å². The summed E-state index contributed by atoms with van der Waals surface area (Å²) in [4.78, 5) is 0. The van der Waals surface area contributed by atoms with Crippen molar-refractivity contribution in [2.45, 2.75) is 13.3 Å². The Morgan fingerprint density at radius 2 is 2.08 bits per heavy atom. The van der Waals surface area contributed by atoms with E-state index >= 15 is 0 Å². The van der Waals surface area contributed by atoms with E-state index < -0.39 is 0 Å². The Labute approximate surface area is 82.2 Å². The Balaban J connectivity index is 2.69. The first-order valence-corrected chi connectivity index (χ1v) is 4.43. The summed E-state index contributed by atoms with van der Waals surface area (Å²) in [5, 5.41) is 1.05. The second kappa shape index (κ2) is 4.58. The van der Waals surface area contributed by atoms with Crippen LogP contribution in [-0.2, 0) is 0 Å². The van der Waals surface area contributed by atoms with Gasteiger partial charge in [0.2, 0.25) is 0 Å². The molecule has 0 atom stereocenters. The fourth-order valence-electron chi connectivity index (χ4n) is 0.730. The third kappa shape index (κ3) is 2.58. The van der Waals surface area contributed by atoms with Crippen LogP contribution in [0.3, 0.4) is 0 Å². The minimum atomic E-state index is 0.513. The normalized spacial score (nSPS) is 9.92. The molecule has 0 aliphatic carbocycles. The molecule has 1 aromatic rings. The van der Waals surface area contributed by atoms with Crippen LogP contribution < -0.4 is 4.74 Å². The fraction of sp³-hybridized carbons (Fsp3) is 0.222. The van der Waals surface area contributed by atoms with Crippen LogP contribution in [0, 0.1) is 6.61 Å². The lowest BCUT2D eigenvalue weighted by molar-refractivity contribution is 0.397. The molecular formula is C9H9Cl2O. The topological polar surface area (TPSA) is 9.23 Å². The first kappa shape index (κ1) is 9.69. The zero-order chi connectivity index (χ0) is 8.97. The van der Waals surface area contributed by atoms with E-state index in [0.717, 1.165) is 6.42 Å². The maximum atomic E-state index is 5.77. The average Bonchev–Trinajstić information content (AvgIpc) is 2.07. The molecule has 0 N–H and O–H groups in total. The van der Waals surface area contributed by atoms with Crippen molar-refractivity contribution in [3.63, 3.8) is 0 Å². The molecule has 0 aliphatic rings. The van der Waals surface area contributed by atoms with Crippen LogP contribution in [0.15, 0.2) is 18.2 Å². The van der Waals surface area contributed by atoms with Crippen molar-refractivity contribution in [3.8, 4) is 5.75 Å². The van der Waals surface area contributed by atoms with Gasteiger partial charge in [-0.3, -0.25) is 0 Å². The quantitative estimate of drug-likeness (QED) is 0.724. The van der Waals surface area contributed by atoms with E-state index in [0.29, 0.717) is 15.8 Å². The Morgan fingerprint density at radius 3 is 2.67 bits per heavy atom. The fourth-order valence-corrected chi connectivity index (χ4v) is 1.02. The molecule has 1 aromatic carbocycles. The van der Waals surface area contributed by atoms with E-state index in [1.54, 1.807) is 24.8 Å². The van der Waals surface area contributed by atoms with Crippen LogP contribution in [0.5, 0.6) is 5.75 Å². The minimum absolute atomic E-state index is 0.513. The van der Waals surface area contributed by atoms with E-state index in [1.807, 2.05) is 6.92 Å². The molecule has 0 saturated heterocycles. The lowest BCUT2D eigenvalue weighted by Gasteiger charge is -2.03. The standard InChI is InChI=1S/C9H9Cl2O/c1-2-5-12-7-3-4-8(10)9(11)6-7/h3-6H,2H2,1H3. The Morgan fingerprint density at radius 1 is 1.33 bits per heavy atom. The lowest BCUT2D eigenvalue weighted by Crippen LogP contribution is -1.87. The molecule has 1 rings (SSSR count). The van der Waals surface area contributed by atoms with E-state index in [-0.39, 0.29) is 0 Å². The molecule has 0 aromatic heterocycles. The molecule has 0 aliphatic heterocycles. The van der Waals surface area contributed by atoms with Gasteiger partial charge in [0.15, 0.2) is 0 Å². The number of halogens is 2. The number of hydrogen-bond donors (Lipinski definition) is 0. The highest BCUT2D eigenvalue weighted by molar-refractivity contribution is 6.42. The predicted molar refractivity (Wildman–Crippen MR) is 51.7 cm³/mol. The van der Waals surface area contributed by atoms with Crippen LogP contribution in [-0.4, -0.2) is 0 Å². The van der Waals surface area contributed by atoms with Crippen molar-refractivity contribution >= 4 is 23.2 Å². The molecule has 0 spiro atoms. The predicted octanol–water partition coefficient (Wildman–Crippen LogP) is 3.94.